The zero-order valence-corrected chi connectivity index (χ0v) is 13.5. The number of hydrogen-bond donors (Lipinski definition) is 0. The summed E-state index contributed by atoms with van der Waals surface area (Å²) in [7, 11) is 0. The predicted molar refractivity (Wildman–Crippen MR) is 83.0 cm³/mol. The molecule has 2 heterocycles. The summed E-state index contributed by atoms with van der Waals surface area (Å²) < 4.78 is 18.2. The normalized spacial score (nSPS) is 20.8. The molecule has 0 bridgehead atoms. The maximum atomic E-state index is 11.9. The van der Waals surface area contributed by atoms with Crippen LogP contribution in [0.15, 0.2) is 27.4 Å². The van der Waals surface area contributed by atoms with Crippen LogP contribution in [-0.2, 0) is 16.0 Å². The largest absolute Gasteiger partial charge is 0.419 e. The Labute approximate surface area is 131 Å². The number of ether oxygens (including phenoxy) is 2. The van der Waals surface area contributed by atoms with E-state index in [1.807, 2.05) is 25.1 Å². The van der Waals surface area contributed by atoms with Gasteiger partial charge >= 0.3 is 5.76 Å². The van der Waals surface area contributed by atoms with E-state index in [1.54, 1.807) is 4.57 Å². The lowest BCUT2D eigenvalue weighted by molar-refractivity contribution is -0.0876. The SMILES string of the molecule is CCCn1c(=O)oc2cc(C(Br)C3COCCO3)ccc21. The molecule has 1 aliphatic heterocycles. The minimum atomic E-state index is -0.299. The van der Waals surface area contributed by atoms with Crippen molar-refractivity contribution in [1.29, 1.82) is 0 Å². The van der Waals surface area contributed by atoms with Crippen LogP contribution < -0.4 is 5.76 Å². The number of fused-ring (bicyclic) bond motifs is 1. The number of benzene rings is 1. The molecule has 6 heteroatoms. The molecule has 0 aliphatic carbocycles. The van der Waals surface area contributed by atoms with E-state index in [1.165, 1.54) is 0 Å². The van der Waals surface area contributed by atoms with Gasteiger partial charge in [0.1, 0.15) is 0 Å². The van der Waals surface area contributed by atoms with Crippen molar-refractivity contribution in [1.82, 2.24) is 4.57 Å². The molecule has 0 radical (unpaired) electrons. The first-order valence-corrected chi connectivity index (χ1v) is 8.09. The number of halogens is 1. The van der Waals surface area contributed by atoms with E-state index < -0.39 is 0 Å². The molecule has 114 valence electrons. The van der Waals surface area contributed by atoms with E-state index in [-0.39, 0.29) is 16.7 Å². The molecule has 1 aromatic carbocycles. The molecule has 5 nitrogen and oxygen atoms in total. The van der Waals surface area contributed by atoms with Gasteiger partial charge in [-0.1, -0.05) is 28.9 Å². The van der Waals surface area contributed by atoms with Crippen LogP contribution in [0, 0.1) is 0 Å². The molecular weight excluding hydrogens is 338 g/mol. The van der Waals surface area contributed by atoms with Crippen LogP contribution in [0.2, 0.25) is 0 Å². The summed E-state index contributed by atoms with van der Waals surface area (Å²) in [5.41, 5.74) is 2.48. The molecule has 0 spiro atoms. The second-order valence-electron chi connectivity index (χ2n) is 5.13. The van der Waals surface area contributed by atoms with Crippen LogP contribution in [0.1, 0.15) is 23.7 Å². The van der Waals surface area contributed by atoms with Gasteiger partial charge in [-0.15, -0.1) is 0 Å². The first-order chi connectivity index (χ1) is 10.2. The van der Waals surface area contributed by atoms with Crippen molar-refractivity contribution < 1.29 is 13.9 Å². The maximum Gasteiger partial charge on any atom is 0.419 e. The van der Waals surface area contributed by atoms with Gasteiger partial charge in [0, 0.05) is 6.54 Å². The zero-order chi connectivity index (χ0) is 14.8. The van der Waals surface area contributed by atoms with E-state index in [0.29, 0.717) is 31.9 Å². The van der Waals surface area contributed by atoms with E-state index in [0.717, 1.165) is 17.5 Å². The maximum absolute atomic E-state index is 11.9. The highest BCUT2D eigenvalue weighted by atomic mass is 79.9. The number of nitrogens with zero attached hydrogens (tertiary/aromatic N) is 1. The molecule has 0 amide bonds. The summed E-state index contributed by atoms with van der Waals surface area (Å²) in [6.45, 7) is 4.52. The summed E-state index contributed by atoms with van der Waals surface area (Å²) >= 11 is 3.66. The van der Waals surface area contributed by atoms with Gasteiger partial charge in [0.15, 0.2) is 5.58 Å². The molecular formula is C15H18BrNO4. The minimum absolute atomic E-state index is 0.0158. The third-order valence-electron chi connectivity index (χ3n) is 3.63. The van der Waals surface area contributed by atoms with Crippen molar-refractivity contribution in [2.45, 2.75) is 30.8 Å². The van der Waals surface area contributed by atoms with Crippen molar-refractivity contribution in [3.05, 3.63) is 34.3 Å². The lowest BCUT2D eigenvalue weighted by atomic mass is 10.1. The monoisotopic (exact) mass is 355 g/mol. The van der Waals surface area contributed by atoms with E-state index in [4.69, 9.17) is 13.9 Å². The highest BCUT2D eigenvalue weighted by Crippen LogP contribution is 2.31. The van der Waals surface area contributed by atoms with Crippen LogP contribution in [0.25, 0.3) is 11.1 Å². The summed E-state index contributed by atoms with van der Waals surface area (Å²) in [6, 6.07) is 5.84. The lowest BCUT2D eigenvalue weighted by Crippen LogP contribution is -2.31. The Morgan fingerprint density at radius 1 is 1.43 bits per heavy atom. The quantitative estimate of drug-likeness (QED) is 0.791. The minimum Gasteiger partial charge on any atom is -0.408 e. The third-order valence-corrected chi connectivity index (χ3v) is 4.74. The first-order valence-electron chi connectivity index (χ1n) is 7.17. The average Bonchev–Trinajstić information content (AvgIpc) is 2.83. The fraction of sp³-hybridized carbons (Fsp3) is 0.533. The molecule has 1 fully saturated rings. The van der Waals surface area contributed by atoms with Crippen LogP contribution in [0.4, 0.5) is 0 Å². The van der Waals surface area contributed by atoms with Crippen LogP contribution in [-0.4, -0.2) is 30.5 Å². The van der Waals surface area contributed by atoms with Gasteiger partial charge in [0.25, 0.3) is 0 Å². The van der Waals surface area contributed by atoms with Crippen molar-refractivity contribution >= 4 is 27.0 Å². The Morgan fingerprint density at radius 3 is 3.00 bits per heavy atom. The number of rotatable bonds is 4. The average molecular weight is 356 g/mol. The highest BCUT2D eigenvalue weighted by molar-refractivity contribution is 9.09. The predicted octanol–water partition coefficient (Wildman–Crippen LogP) is 2.86. The van der Waals surface area contributed by atoms with E-state index in [9.17, 15) is 4.79 Å². The Kier molecular flexibility index (Phi) is 4.47. The van der Waals surface area contributed by atoms with E-state index in [2.05, 4.69) is 15.9 Å². The number of hydrogen-bond acceptors (Lipinski definition) is 4. The van der Waals surface area contributed by atoms with Crippen molar-refractivity contribution in [2.75, 3.05) is 19.8 Å². The van der Waals surface area contributed by atoms with Gasteiger partial charge in [-0.2, -0.15) is 0 Å². The highest BCUT2D eigenvalue weighted by Gasteiger charge is 2.25. The molecule has 2 atom stereocenters. The second kappa shape index (κ2) is 6.34. The van der Waals surface area contributed by atoms with Gasteiger partial charge in [0.2, 0.25) is 0 Å². The van der Waals surface area contributed by atoms with Gasteiger partial charge in [-0.3, -0.25) is 4.57 Å². The summed E-state index contributed by atoms with van der Waals surface area (Å²) in [4.78, 5) is 11.9. The molecule has 0 N–H and O–H groups in total. The lowest BCUT2D eigenvalue weighted by Gasteiger charge is -2.27. The van der Waals surface area contributed by atoms with Gasteiger partial charge < -0.3 is 13.9 Å². The summed E-state index contributed by atoms with van der Waals surface area (Å²) in [5, 5.41) is 0. The molecule has 1 aromatic heterocycles. The number of aromatic nitrogens is 1. The van der Waals surface area contributed by atoms with Gasteiger partial charge in [-0.05, 0) is 24.1 Å². The second-order valence-corrected chi connectivity index (χ2v) is 6.12. The van der Waals surface area contributed by atoms with Crippen molar-refractivity contribution in [3.63, 3.8) is 0 Å². The smallest absolute Gasteiger partial charge is 0.408 e. The third kappa shape index (κ3) is 2.93. The van der Waals surface area contributed by atoms with Crippen molar-refractivity contribution in [2.24, 2.45) is 0 Å². The van der Waals surface area contributed by atoms with E-state index >= 15 is 0 Å². The number of oxazole rings is 1. The fourth-order valence-corrected chi connectivity index (χ4v) is 3.17. The summed E-state index contributed by atoms with van der Waals surface area (Å²) in [6.07, 6.45) is 0.866. The van der Waals surface area contributed by atoms with Gasteiger partial charge in [-0.25, -0.2) is 4.79 Å². The van der Waals surface area contributed by atoms with Crippen LogP contribution in [0.3, 0.4) is 0 Å². The molecule has 1 aliphatic rings. The topological polar surface area (TPSA) is 53.6 Å². The van der Waals surface area contributed by atoms with Crippen molar-refractivity contribution in [3.8, 4) is 0 Å². The Bertz CT molecular complexity index is 672. The Hall–Kier alpha value is -1.11. The number of alkyl halides is 1. The standard InChI is InChI=1S/C15H18BrNO4/c1-2-5-17-11-4-3-10(8-12(11)21-15(17)18)14(16)13-9-19-6-7-20-13/h3-4,8,13-14H,2,5-7,9H2,1H3. The fourth-order valence-electron chi connectivity index (χ4n) is 2.58. The summed E-state index contributed by atoms with van der Waals surface area (Å²) in [5.74, 6) is -0.299. The zero-order valence-electron chi connectivity index (χ0n) is 11.9. The number of aryl methyl sites for hydroxylation is 1. The Balaban J connectivity index is 1.92. The molecule has 0 saturated carbocycles. The molecule has 3 rings (SSSR count). The molecule has 21 heavy (non-hydrogen) atoms. The first kappa shape index (κ1) is 14.8. The molecule has 1 saturated heterocycles. The van der Waals surface area contributed by atoms with Crippen LogP contribution in [0.5, 0.6) is 0 Å². The molecule has 2 aromatic rings. The molecule has 2 unspecified atom stereocenters. The van der Waals surface area contributed by atoms with Gasteiger partial charge in [0.05, 0.1) is 36.3 Å². The Morgan fingerprint density at radius 2 is 2.29 bits per heavy atom. The van der Waals surface area contributed by atoms with Crippen LogP contribution >= 0.6 is 15.9 Å².